The van der Waals surface area contributed by atoms with Crippen molar-refractivity contribution in [1.82, 2.24) is 4.90 Å². The van der Waals surface area contributed by atoms with E-state index >= 15 is 0 Å². The Morgan fingerprint density at radius 2 is 2.00 bits per heavy atom. The van der Waals surface area contributed by atoms with E-state index in [9.17, 15) is 14.9 Å². The SMILES string of the molecule is CN(CCCN)C(=O)c1ccc([N+](=O)[O-])cc1. The fourth-order valence-corrected chi connectivity index (χ4v) is 1.38. The van der Waals surface area contributed by atoms with Crippen LogP contribution in [0.4, 0.5) is 5.69 Å². The summed E-state index contributed by atoms with van der Waals surface area (Å²) in [5.41, 5.74) is 5.77. The van der Waals surface area contributed by atoms with E-state index < -0.39 is 4.92 Å². The Labute approximate surface area is 99.2 Å². The number of carbonyl (C=O) groups is 1. The summed E-state index contributed by atoms with van der Waals surface area (Å²) in [6, 6.07) is 5.56. The molecule has 1 rings (SSSR count). The van der Waals surface area contributed by atoms with Crippen LogP contribution in [-0.2, 0) is 0 Å². The number of carbonyl (C=O) groups excluding carboxylic acids is 1. The highest BCUT2D eigenvalue weighted by Crippen LogP contribution is 2.13. The molecule has 0 saturated carbocycles. The van der Waals surface area contributed by atoms with E-state index in [1.54, 1.807) is 11.9 Å². The number of amides is 1. The molecule has 0 aromatic heterocycles. The van der Waals surface area contributed by atoms with Gasteiger partial charge >= 0.3 is 0 Å². The van der Waals surface area contributed by atoms with Crippen molar-refractivity contribution in [1.29, 1.82) is 0 Å². The first-order chi connectivity index (χ1) is 8.06. The Kier molecular flexibility index (Phi) is 4.59. The number of nitrogens with two attached hydrogens (primary N) is 1. The molecule has 0 radical (unpaired) electrons. The summed E-state index contributed by atoms with van der Waals surface area (Å²) >= 11 is 0. The third-order valence-electron chi connectivity index (χ3n) is 2.37. The number of nitro groups is 1. The highest BCUT2D eigenvalue weighted by molar-refractivity contribution is 5.94. The third kappa shape index (κ3) is 3.53. The first kappa shape index (κ1) is 13.1. The van der Waals surface area contributed by atoms with Gasteiger partial charge in [0.1, 0.15) is 0 Å². The van der Waals surface area contributed by atoms with Gasteiger partial charge in [-0.3, -0.25) is 14.9 Å². The van der Waals surface area contributed by atoms with Gasteiger partial charge in [0, 0.05) is 31.3 Å². The lowest BCUT2D eigenvalue weighted by Crippen LogP contribution is -2.28. The Hall–Kier alpha value is -1.95. The van der Waals surface area contributed by atoms with Crippen molar-refractivity contribution in [2.24, 2.45) is 5.73 Å². The number of nitrogens with zero attached hydrogens (tertiary/aromatic N) is 2. The second kappa shape index (κ2) is 5.95. The van der Waals surface area contributed by atoms with Crippen molar-refractivity contribution >= 4 is 11.6 Å². The standard InChI is InChI=1S/C11H15N3O3/c1-13(8-2-7-12)11(15)9-3-5-10(6-4-9)14(16)17/h3-6H,2,7-8,12H2,1H3. The minimum absolute atomic E-state index is 0.0221. The number of benzene rings is 1. The predicted molar refractivity (Wildman–Crippen MR) is 63.7 cm³/mol. The van der Waals surface area contributed by atoms with Crippen LogP contribution in [0.1, 0.15) is 16.8 Å². The summed E-state index contributed by atoms with van der Waals surface area (Å²) in [4.78, 5) is 23.4. The van der Waals surface area contributed by atoms with E-state index in [2.05, 4.69) is 0 Å². The molecular formula is C11H15N3O3. The molecule has 0 fully saturated rings. The number of nitro benzene ring substituents is 1. The molecule has 0 bridgehead atoms. The average molecular weight is 237 g/mol. The van der Waals surface area contributed by atoms with Crippen LogP contribution in [0, 0.1) is 10.1 Å². The molecule has 0 aliphatic rings. The Balaban J connectivity index is 2.72. The smallest absolute Gasteiger partial charge is 0.269 e. The molecule has 0 spiro atoms. The van der Waals surface area contributed by atoms with Gasteiger partial charge < -0.3 is 10.6 Å². The highest BCUT2D eigenvalue weighted by atomic mass is 16.6. The second-order valence-electron chi connectivity index (χ2n) is 3.67. The van der Waals surface area contributed by atoms with Crippen LogP contribution in [0.15, 0.2) is 24.3 Å². The van der Waals surface area contributed by atoms with Gasteiger partial charge in [-0.25, -0.2) is 0 Å². The quantitative estimate of drug-likeness (QED) is 0.611. The summed E-state index contributed by atoms with van der Waals surface area (Å²) in [6.45, 7) is 1.10. The lowest BCUT2D eigenvalue weighted by atomic mass is 10.2. The second-order valence-corrected chi connectivity index (χ2v) is 3.67. The van der Waals surface area contributed by atoms with Crippen molar-refractivity contribution in [3.8, 4) is 0 Å². The zero-order valence-corrected chi connectivity index (χ0v) is 9.63. The normalized spacial score (nSPS) is 10.0. The minimum atomic E-state index is -0.494. The average Bonchev–Trinajstić information content (AvgIpc) is 2.35. The highest BCUT2D eigenvalue weighted by Gasteiger charge is 2.12. The summed E-state index contributed by atoms with van der Waals surface area (Å²) in [5.74, 6) is -0.159. The molecule has 0 unspecified atom stereocenters. The first-order valence-electron chi connectivity index (χ1n) is 5.26. The molecule has 0 aliphatic carbocycles. The topological polar surface area (TPSA) is 89.5 Å². The van der Waals surface area contributed by atoms with Gasteiger partial charge in [-0.2, -0.15) is 0 Å². The monoisotopic (exact) mass is 237 g/mol. The van der Waals surface area contributed by atoms with Crippen LogP contribution >= 0.6 is 0 Å². The number of hydrogen-bond acceptors (Lipinski definition) is 4. The van der Waals surface area contributed by atoms with Gasteiger partial charge in [0.25, 0.3) is 11.6 Å². The minimum Gasteiger partial charge on any atom is -0.342 e. The van der Waals surface area contributed by atoms with E-state index in [1.807, 2.05) is 0 Å². The molecule has 0 saturated heterocycles. The van der Waals surface area contributed by atoms with Gasteiger partial charge in [0.15, 0.2) is 0 Å². The van der Waals surface area contributed by atoms with Crippen LogP contribution in [0.3, 0.4) is 0 Å². The summed E-state index contributed by atoms with van der Waals surface area (Å²) < 4.78 is 0. The fourth-order valence-electron chi connectivity index (χ4n) is 1.38. The molecule has 0 aliphatic heterocycles. The van der Waals surface area contributed by atoms with Gasteiger partial charge in [0.2, 0.25) is 0 Å². The zero-order chi connectivity index (χ0) is 12.8. The molecule has 0 atom stereocenters. The maximum atomic E-state index is 11.8. The van der Waals surface area contributed by atoms with Crippen LogP contribution in [0.25, 0.3) is 0 Å². The number of rotatable bonds is 5. The van der Waals surface area contributed by atoms with Crippen LogP contribution in [0.5, 0.6) is 0 Å². The lowest BCUT2D eigenvalue weighted by molar-refractivity contribution is -0.384. The lowest BCUT2D eigenvalue weighted by Gasteiger charge is -2.16. The largest absolute Gasteiger partial charge is 0.342 e. The molecule has 1 amide bonds. The summed E-state index contributed by atoms with van der Waals surface area (Å²) in [6.07, 6.45) is 0.731. The summed E-state index contributed by atoms with van der Waals surface area (Å²) in [5, 5.41) is 10.5. The molecule has 92 valence electrons. The van der Waals surface area contributed by atoms with E-state index in [1.165, 1.54) is 24.3 Å². The fraction of sp³-hybridized carbons (Fsp3) is 0.364. The van der Waals surface area contributed by atoms with Gasteiger partial charge in [-0.15, -0.1) is 0 Å². The van der Waals surface area contributed by atoms with Crippen molar-refractivity contribution in [2.75, 3.05) is 20.1 Å². The van der Waals surface area contributed by atoms with Crippen LogP contribution < -0.4 is 5.73 Å². The van der Waals surface area contributed by atoms with Gasteiger partial charge in [0.05, 0.1) is 4.92 Å². The van der Waals surface area contributed by atoms with Gasteiger partial charge in [-0.05, 0) is 25.1 Å². The zero-order valence-electron chi connectivity index (χ0n) is 9.63. The predicted octanol–water partition coefficient (Wildman–Crippen LogP) is 1.02. The third-order valence-corrected chi connectivity index (χ3v) is 2.37. The maximum Gasteiger partial charge on any atom is 0.269 e. The molecule has 0 heterocycles. The van der Waals surface area contributed by atoms with Crippen molar-refractivity contribution in [3.63, 3.8) is 0 Å². The molecule has 2 N–H and O–H groups in total. The van der Waals surface area contributed by atoms with E-state index in [4.69, 9.17) is 5.73 Å². The van der Waals surface area contributed by atoms with Crippen molar-refractivity contribution < 1.29 is 9.72 Å². The molecule has 6 nitrogen and oxygen atoms in total. The Bertz CT molecular complexity index is 403. The Morgan fingerprint density at radius 1 is 1.41 bits per heavy atom. The summed E-state index contributed by atoms with van der Waals surface area (Å²) in [7, 11) is 1.68. The van der Waals surface area contributed by atoms with Gasteiger partial charge in [-0.1, -0.05) is 0 Å². The van der Waals surface area contributed by atoms with Crippen molar-refractivity contribution in [3.05, 3.63) is 39.9 Å². The maximum absolute atomic E-state index is 11.8. The number of non-ortho nitro benzene ring substituents is 1. The van der Waals surface area contributed by atoms with E-state index in [-0.39, 0.29) is 11.6 Å². The van der Waals surface area contributed by atoms with E-state index in [0.717, 1.165) is 6.42 Å². The van der Waals surface area contributed by atoms with E-state index in [0.29, 0.717) is 18.7 Å². The molecule has 17 heavy (non-hydrogen) atoms. The first-order valence-corrected chi connectivity index (χ1v) is 5.26. The number of hydrogen-bond donors (Lipinski definition) is 1. The molecule has 1 aromatic rings. The van der Waals surface area contributed by atoms with Crippen LogP contribution in [-0.4, -0.2) is 35.9 Å². The van der Waals surface area contributed by atoms with Crippen molar-refractivity contribution in [2.45, 2.75) is 6.42 Å². The van der Waals surface area contributed by atoms with Crippen LogP contribution in [0.2, 0.25) is 0 Å². The molecular weight excluding hydrogens is 222 g/mol. The molecule has 1 aromatic carbocycles. The molecule has 6 heteroatoms. The Morgan fingerprint density at radius 3 is 2.47 bits per heavy atom.